The number of rotatable bonds is 4. The molecule has 1 N–H and O–H groups in total. The first kappa shape index (κ1) is 17.8. The van der Waals surface area contributed by atoms with E-state index in [1.807, 2.05) is 78.9 Å². The molecule has 4 rings (SSSR count). The fraction of sp³-hybridized carbons (Fsp3) is 0. The topological polar surface area (TPSA) is 52.9 Å². The molecule has 0 atom stereocenters. The molecular formula is C24H16N2OS. The molecule has 0 saturated heterocycles. The molecule has 0 amide bonds. The second-order valence-corrected chi connectivity index (χ2v) is 7.29. The second-order valence-electron chi connectivity index (χ2n) is 6.23. The van der Waals surface area contributed by atoms with Crippen molar-refractivity contribution in [2.24, 2.45) is 0 Å². The molecule has 0 saturated carbocycles. The Kier molecular flexibility index (Phi) is 5.09. The minimum absolute atomic E-state index is 0.0104. The van der Waals surface area contributed by atoms with E-state index in [2.05, 4.69) is 11.4 Å². The largest absolute Gasteiger partial charge is 0.349 e. The maximum absolute atomic E-state index is 13.2. The van der Waals surface area contributed by atoms with E-state index >= 15 is 0 Å². The van der Waals surface area contributed by atoms with Crippen molar-refractivity contribution in [1.29, 1.82) is 5.26 Å². The van der Waals surface area contributed by atoms with Crippen LogP contribution in [0, 0.1) is 11.3 Å². The van der Waals surface area contributed by atoms with Crippen LogP contribution in [0.4, 0.5) is 5.69 Å². The first-order chi connectivity index (χ1) is 13.7. The molecule has 3 aromatic carbocycles. The maximum Gasteiger partial charge on any atom is 0.203 e. The lowest BCUT2D eigenvalue weighted by molar-refractivity contribution is -0.109. The fourth-order valence-corrected chi connectivity index (χ4v) is 4.03. The molecule has 0 spiro atoms. The Balaban J connectivity index is 1.72. The number of benzene rings is 3. The SMILES string of the molecule is N#Cc1ccc(NC2=C(c3ccccc3)C(=O)/C(=C/c3ccccc3)S2)cc1. The lowest BCUT2D eigenvalue weighted by Gasteiger charge is -2.09. The number of nitriles is 1. The fourth-order valence-electron chi connectivity index (χ4n) is 2.94. The third-order valence-corrected chi connectivity index (χ3v) is 5.36. The number of Topliss-reactive ketones (excluding diaryl/α,β-unsaturated/α-hetero) is 1. The highest BCUT2D eigenvalue weighted by Crippen LogP contribution is 2.43. The molecule has 0 aliphatic carbocycles. The number of allylic oxidation sites excluding steroid dienone is 2. The van der Waals surface area contributed by atoms with Crippen molar-refractivity contribution < 1.29 is 4.79 Å². The average Bonchev–Trinajstić information content (AvgIpc) is 3.04. The van der Waals surface area contributed by atoms with Gasteiger partial charge in [-0.15, -0.1) is 0 Å². The molecule has 4 heteroatoms. The van der Waals surface area contributed by atoms with E-state index in [-0.39, 0.29) is 5.78 Å². The Labute approximate surface area is 168 Å². The van der Waals surface area contributed by atoms with Crippen molar-refractivity contribution in [3.05, 3.63) is 112 Å². The third kappa shape index (κ3) is 3.75. The number of nitrogens with one attached hydrogen (secondary N) is 1. The predicted octanol–water partition coefficient (Wildman–Crippen LogP) is 5.70. The zero-order chi connectivity index (χ0) is 19.3. The summed E-state index contributed by atoms with van der Waals surface area (Å²) in [6.45, 7) is 0. The number of hydrogen-bond acceptors (Lipinski definition) is 4. The van der Waals surface area contributed by atoms with Crippen molar-refractivity contribution in [1.82, 2.24) is 0 Å². The number of thioether (sulfide) groups is 1. The van der Waals surface area contributed by atoms with E-state index in [1.54, 1.807) is 12.1 Å². The minimum Gasteiger partial charge on any atom is -0.349 e. The highest BCUT2D eigenvalue weighted by Gasteiger charge is 2.30. The van der Waals surface area contributed by atoms with Crippen molar-refractivity contribution >= 4 is 34.9 Å². The molecule has 1 aliphatic rings. The van der Waals surface area contributed by atoms with Gasteiger partial charge in [0.2, 0.25) is 5.78 Å². The standard InChI is InChI=1S/C24H16N2OS/c25-16-18-11-13-20(14-12-18)26-24-22(19-9-5-2-6-10-19)23(27)21(28-24)15-17-7-3-1-4-8-17/h1-15,26H/b21-15-. The summed E-state index contributed by atoms with van der Waals surface area (Å²) in [6.07, 6.45) is 1.92. The van der Waals surface area contributed by atoms with Crippen LogP contribution < -0.4 is 5.32 Å². The Morgan fingerprint density at radius 2 is 1.50 bits per heavy atom. The first-order valence-electron chi connectivity index (χ1n) is 8.81. The Morgan fingerprint density at radius 3 is 2.14 bits per heavy atom. The number of nitrogens with zero attached hydrogens (tertiary/aromatic N) is 1. The van der Waals surface area contributed by atoms with E-state index < -0.39 is 0 Å². The summed E-state index contributed by atoms with van der Waals surface area (Å²) in [4.78, 5) is 13.9. The van der Waals surface area contributed by atoms with Gasteiger partial charge in [-0.2, -0.15) is 5.26 Å². The zero-order valence-electron chi connectivity index (χ0n) is 14.9. The quantitative estimate of drug-likeness (QED) is 0.590. The van der Waals surface area contributed by atoms with Crippen molar-refractivity contribution in [3.63, 3.8) is 0 Å². The summed E-state index contributed by atoms with van der Waals surface area (Å²) < 4.78 is 0. The summed E-state index contributed by atoms with van der Waals surface area (Å²) in [5.41, 5.74) is 3.97. The van der Waals surface area contributed by atoms with Gasteiger partial charge in [0, 0.05) is 5.69 Å². The van der Waals surface area contributed by atoms with Gasteiger partial charge in [0.1, 0.15) is 0 Å². The smallest absolute Gasteiger partial charge is 0.203 e. The van der Waals surface area contributed by atoms with Crippen molar-refractivity contribution in [2.75, 3.05) is 5.32 Å². The second kappa shape index (κ2) is 7.99. The number of carbonyl (C=O) groups is 1. The predicted molar refractivity (Wildman–Crippen MR) is 115 cm³/mol. The molecule has 0 fully saturated rings. The van der Waals surface area contributed by atoms with Crippen LogP contribution in [-0.4, -0.2) is 5.78 Å². The summed E-state index contributed by atoms with van der Waals surface area (Å²) >= 11 is 1.44. The Hall–Kier alpha value is -3.55. The van der Waals surface area contributed by atoms with Crippen LogP contribution in [0.5, 0.6) is 0 Å². The summed E-state index contributed by atoms with van der Waals surface area (Å²) in [6, 6.07) is 28.8. The summed E-state index contributed by atoms with van der Waals surface area (Å²) in [7, 11) is 0. The average molecular weight is 380 g/mol. The molecule has 1 heterocycles. The molecule has 0 bridgehead atoms. The summed E-state index contributed by atoms with van der Waals surface area (Å²) in [5.74, 6) is 0.0104. The number of carbonyl (C=O) groups excluding carboxylic acids is 1. The molecule has 0 unspecified atom stereocenters. The van der Waals surface area contributed by atoms with E-state index in [9.17, 15) is 4.79 Å². The van der Waals surface area contributed by atoms with Gasteiger partial charge in [0.05, 0.1) is 27.1 Å². The van der Waals surface area contributed by atoms with Crippen LogP contribution in [0.2, 0.25) is 0 Å². The molecule has 0 radical (unpaired) electrons. The van der Waals surface area contributed by atoms with Crippen LogP contribution in [0.15, 0.2) is 94.9 Å². The van der Waals surface area contributed by atoms with Crippen LogP contribution in [0.3, 0.4) is 0 Å². The first-order valence-corrected chi connectivity index (χ1v) is 9.62. The molecule has 3 nitrogen and oxygen atoms in total. The highest BCUT2D eigenvalue weighted by molar-refractivity contribution is 8.08. The van der Waals surface area contributed by atoms with E-state index in [0.717, 1.165) is 21.8 Å². The van der Waals surface area contributed by atoms with Gasteiger partial charge in [-0.3, -0.25) is 4.79 Å². The van der Waals surface area contributed by atoms with Gasteiger partial charge in [-0.25, -0.2) is 0 Å². The van der Waals surface area contributed by atoms with Gasteiger partial charge in [0.25, 0.3) is 0 Å². The minimum atomic E-state index is 0.0104. The number of hydrogen-bond donors (Lipinski definition) is 1. The van der Waals surface area contributed by atoms with Gasteiger partial charge in [-0.1, -0.05) is 72.4 Å². The monoisotopic (exact) mass is 380 g/mol. The molecule has 3 aromatic rings. The zero-order valence-corrected chi connectivity index (χ0v) is 15.7. The van der Waals surface area contributed by atoms with Crippen LogP contribution in [0.1, 0.15) is 16.7 Å². The summed E-state index contributed by atoms with van der Waals surface area (Å²) in [5, 5.41) is 13.1. The van der Waals surface area contributed by atoms with E-state index in [1.165, 1.54) is 11.8 Å². The van der Waals surface area contributed by atoms with Gasteiger partial charge in [0.15, 0.2) is 0 Å². The van der Waals surface area contributed by atoms with Crippen molar-refractivity contribution in [2.45, 2.75) is 0 Å². The lowest BCUT2D eigenvalue weighted by Crippen LogP contribution is -2.01. The highest BCUT2D eigenvalue weighted by atomic mass is 32.2. The number of ketones is 1. The molecule has 1 aliphatic heterocycles. The maximum atomic E-state index is 13.2. The van der Waals surface area contributed by atoms with Crippen LogP contribution >= 0.6 is 11.8 Å². The van der Waals surface area contributed by atoms with Crippen molar-refractivity contribution in [3.8, 4) is 6.07 Å². The van der Waals surface area contributed by atoms with E-state index in [0.29, 0.717) is 16.0 Å². The van der Waals surface area contributed by atoms with Gasteiger partial charge >= 0.3 is 0 Å². The number of anilines is 1. The third-order valence-electron chi connectivity index (χ3n) is 4.32. The van der Waals surface area contributed by atoms with Crippen LogP contribution in [-0.2, 0) is 4.79 Å². The molecule has 28 heavy (non-hydrogen) atoms. The van der Waals surface area contributed by atoms with E-state index in [4.69, 9.17) is 5.26 Å². The molecule has 134 valence electrons. The Morgan fingerprint density at radius 1 is 0.857 bits per heavy atom. The van der Waals surface area contributed by atoms with Crippen LogP contribution in [0.25, 0.3) is 11.6 Å². The lowest BCUT2D eigenvalue weighted by atomic mass is 10.0. The Bertz CT molecular complexity index is 1110. The molecule has 0 aromatic heterocycles. The normalized spacial score (nSPS) is 15.0. The molecular weight excluding hydrogens is 364 g/mol. The van der Waals surface area contributed by atoms with Gasteiger partial charge in [-0.05, 0) is 41.5 Å². The van der Waals surface area contributed by atoms with Gasteiger partial charge < -0.3 is 5.32 Å².